The van der Waals surface area contributed by atoms with Gasteiger partial charge in [0.2, 0.25) is 0 Å². The van der Waals surface area contributed by atoms with E-state index in [0.29, 0.717) is 5.75 Å². The molecule has 2 nitrogen and oxygen atoms in total. The number of halogens is 2. The highest BCUT2D eigenvalue weighted by molar-refractivity contribution is 7.98. The molecule has 0 fully saturated rings. The monoisotopic (exact) mass is 246 g/mol. The van der Waals surface area contributed by atoms with Crippen LogP contribution in [0.4, 0.5) is 8.78 Å². The van der Waals surface area contributed by atoms with Crippen molar-refractivity contribution in [1.29, 1.82) is 0 Å². The Kier molecular flexibility index (Phi) is 4.73. The topological polar surface area (TPSA) is 37.3 Å². The Labute approximate surface area is 96.7 Å². The van der Waals surface area contributed by atoms with Crippen LogP contribution in [0.1, 0.15) is 12.5 Å². The van der Waals surface area contributed by atoms with Gasteiger partial charge in [-0.2, -0.15) is 11.8 Å². The van der Waals surface area contributed by atoms with Gasteiger partial charge in [-0.05, 0) is 18.2 Å². The summed E-state index contributed by atoms with van der Waals surface area (Å²) in [6.45, 7) is 1.58. The summed E-state index contributed by atoms with van der Waals surface area (Å²) in [5, 5.41) is 8.63. The SMILES string of the molecule is CC(CSCc1cc(F)ccc1F)C(=O)O. The molecule has 0 amide bonds. The van der Waals surface area contributed by atoms with Gasteiger partial charge in [0.05, 0.1) is 5.92 Å². The van der Waals surface area contributed by atoms with Crippen molar-refractivity contribution in [2.24, 2.45) is 5.92 Å². The van der Waals surface area contributed by atoms with E-state index in [0.717, 1.165) is 18.2 Å². The van der Waals surface area contributed by atoms with Crippen LogP contribution in [0, 0.1) is 17.6 Å². The van der Waals surface area contributed by atoms with E-state index in [9.17, 15) is 13.6 Å². The molecule has 5 heteroatoms. The second kappa shape index (κ2) is 5.84. The Hall–Kier alpha value is -1.10. The fourth-order valence-corrected chi connectivity index (χ4v) is 2.13. The number of thioether (sulfide) groups is 1. The molecule has 0 spiro atoms. The van der Waals surface area contributed by atoms with Crippen LogP contribution in [0.15, 0.2) is 18.2 Å². The maximum atomic E-state index is 13.2. The lowest BCUT2D eigenvalue weighted by Crippen LogP contribution is -2.11. The van der Waals surface area contributed by atoms with Gasteiger partial charge in [0.25, 0.3) is 0 Å². The molecule has 1 N–H and O–H groups in total. The first-order valence-electron chi connectivity index (χ1n) is 4.75. The van der Waals surface area contributed by atoms with Crippen LogP contribution in [-0.4, -0.2) is 16.8 Å². The van der Waals surface area contributed by atoms with Gasteiger partial charge in [0, 0.05) is 17.1 Å². The molecule has 0 aromatic heterocycles. The number of hydrogen-bond acceptors (Lipinski definition) is 2. The van der Waals surface area contributed by atoms with Gasteiger partial charge < -0.3 is 5.11 Å². The van der Waals surface area contributed by atoms with Crippen molar-refractivity contribution in [2.45, 2.75) is 12.7 Å². The zero-order valence-electron chi connectivity index (χ0n) is 8.74. The molecule has 1 unspecified atom stereocenters. The van der Waals surface area contributed by atoms with Crippen molar-refractivity contribution in [3.63, 3.8) is 0 Å². The molecule has 1 aromatic rings. The van der Waals surface area contributed by atoms with E-state index >= 15 is 0 Å². The minimum absolute atomic E-state index is 0.266. The summed E-state index contributed by atoms with van der Waals surface area (Å²) >= 11 is 1.28. The number of aliphatic carboxylic acids is 1. The molecular formula is C11H12F2O2S. The maximum absolute atomic E-state index is 13.2. The second-order valence-electron chi connectivity index (χ2n) is 3.49. The molecule has 0 saturated heterocycles. The third-order valence-corrected chi connectivity index (χ3v) is 3.31. The average Bonchev–Trinajstić information content (AvgIpc) is 2.22. The maximum Gasteiger partial charge on any atom is 0.307 e. The molecule has 0 bridgehead atoms. The normalized spacial score (nSPS) is 12.4. The summed E-state index contributed by atoms with van der Waals surface area (Å²) in [5.74, 6) is -1.65. The van der Waals surface area contributed by atoms with Crippen LogP contribution in [0.25, 0.3) is 0 Å². The Morgan fingerprint density at radius 1 is 1.50 bits per heavy atom. The number of carboxylic acids is 1. The predicted octanol–water partition coefficient (Wildman–Crippen LogP) is 2.92. The molecule has 0 radical (unpaired) electrons. The zero-order chi connectivity index (χ0) is 12.1. The first-order valence-corrected chi connectivity index (χ1v) is 5.90. The second-order valence-corrected chi connectivity index (χ2v) is 4.52. The quantitative estimate of drug-likeness (QED) is 0.868. The van der Waals surface area contributed by atoms with E-state index in [1.165, 1.54) is 11.8 Å². The molecule has 0 heterocycles. The van der Waals surface area contributed by atoms with Crippen molar-refractivity contribution in [3.8, 4) is 0 Å². The molecule has 1 atom stereocenters. The number of benzene rings is 1. The van der Waals surface area contributed by atoms with Crippen molar-refractivity contribution < 1.29 is 18.7 Å². The molecule has 16 heavy (non-hydrogen) atoms. The van der Waals surface area contributed by atoms with E-state index in [4.69, 9.17) is 5.11 Å². The highest BCUT2D eigenvalue weighted by atomic mass is 32.2. The van der Waals surface area contributed by atoms with E-state index in [2.05, 4.69) is 0 Å². The van der Waals surface area contributed by atoms with E-state index in [1.54, 1.807) is 6.92 Å². The van der Waals surface area contributed by atoms with Gasteiger partial charge in [-0.25, -0.2) is 8.78 Å². The lowest BCUT2D eigenvalue weighted by Gasteiger charge is -2.06. The van der Waals surface area contributed by atoms with E-state index in [-0.39, 0.29) is 11.3 Å². The Balaban J connectivity index is 2.48. The van der Waals surface area contributed by atoms with Gasteiger partial charge in [0.1, 0.15) is 11.6 Å². The number of hydrogen-bond donors (Lipinski definition) is 1. The molecule has 1 rings (SSSR count). The Morgan fingerprint density at radius 2 is 2.19 bits per heavy atom. The van der Waals surface area contributed by atoms with Crippen molar-refractivity contribution >= 4 is 17.7 Å². The lowest BCUT2D eigenvalue weighted by molar-refractivity contribution is -0.140. The van der Waals surface area contributed by atoms with Gasteiger partial charge in [-0.1, -0.05) is 6.92 Å². The lowest BCUT2D eigenvalue weighted by atomic mass is 10.2. The number of rotatable bonds is 5. The molecule has 0 aliphatic rings. The van der Waals surface area contributed by atoms with Crippen LogP contribution in [0.2, 0.25) is 0 Å². The predicted molar refractivity (Wildman–Crippen MR) is 59.3 cm³/mol. The van der Waals surface area contributed by atoms with Crippen LogP contribution in [-0.2, 0) is 10.5 Å². The van der Waals surface area contributed by atoms with Crippen molar-refractivity contribution in [2.75, 3.05) is 5.75 Å². The van der Waals surface area contributed by atoms with Gasteiger partial charge in [-0.15, -0.1) is 0 Å². The third kappa shape index (κ3) is 3.81. The fraction of sp³-hybridized carbons (Fsp3) is 0.364. The third-order valence-electron chi connectivity index (χ3n) is 2.05. The van der Waals surface area contributed by atoms with Crippen LogP contribution in [0.3, 0.4) is 0 Å². The minimum atomic E-state index is -0.882. The first kappa shape index (κ1) is 13.0. The first-order chi connectivity index (χ1) is 7.50. The van der Waals surface area contributed by atoms with Crippen molar-refractivity contribution in [3.05, 3.63) is 35.4 Å². The summed E-state index contributed by atoms with van der Waals surface area (Å²) < 4.78 is 25.9. The van der Waals surface area contributed by atoms with Crippen LogP contribution in [0.5, 0.6) is 0 Å². The van der Waals surface area contributed by atoms with E-state index in [1.807, 2.05) is 0 Å². The minimum Gasteiger partial charge on any atom is -0.481 e. The highest BCUT2D eigenvalue weighted by Gasteiger charge is 2.11. The van der Waals surface area contributed by atoms with Gasteiger partial charge >= 0.3 is 5.97 Å². The molecule has 88 valence electrons. The summed E-state index contributed by atoms with van der Waals surface area (Å²) in [7, 11) is 0. The molecule has 0 aliphatic heterocycles. The smallest absolute Gasteiger partial charge is 0.307 e. The molecule has 0 saturated carbocycles. The largest absolute Gasteiger partial charge is 0.481 e. The van der Waals surface area contributed by atoms with Crippen LogP contribution < -0.4 is 0 Å². The highest BCUT2D eigenvalue weighted by Crippen LogP contribution is 2.19. The Bertz CT molecular complexity index is 382. The average molecular weight is 246 g/mol. The van der Waals surface area contributed by atoms with Crippen molar-refractivity contribution in [1.82, 2.24) is 0 Å². The summed E-state index contributed by atoms with van der Waals surface area (Å²) in [6.07, 6.45) is 0. The number of carbonyl (C=O) groups is 1. The van der Waals surface area contributed by atoms with Crippen LogP contribution >= 0.6 is 11.8 Å². The number of carboxylic acid groups (broad SMARTS) is 1. The molecule has 0 aliphatic carbocycles. The van der Waals surface area contributed by atoms with Gasteiger partial charge in [-0.3, -0.25) is 4.79 Å². The summed E-state index contributed by atoms with van der Waals surface area (Å²) in [6, 6.07) is 3.27. The summed E-state index contributed by atoms with van der Waals surface area (Å²) in [4.78, 5) is 10.5. The zero-order valence-corrected chi connectivity index (χ0v) is 9.56. The fourth-order valence-electron chi connectivity index (χ4n) is 1.07. The van der Waals surface area contributed by atoms with Gasteiger partial charge in [0.15, 0.2) is 0 Å². The van der Waals surface area contributed by atoms with E-state index < -0.39 is 23.5 Å². The standard InChI is InChI=1S/C11H12F2O2S/c1-7(11(14)15)5-16-6-8-4-9(12)2-3-10(8)13/h2-4,7H,5-6H2,1H3,(H,14,15). The Morgan fingerprint density at radius 3 is 2.81 bits per heavy atom. The summed E-state index contributed by atoms with van der Waals surface area (Å²) in [5.41, 5.74) is 0.266. The molecule has 1 aromatic carbocycles. The molecular weight excluding hydrogens is 234 g/mol.